The van der Waals surface area contributed by atoms with Crippen LogP contribution in [0.3, 0.4) is 0 Å². The number of benzene rings is 1. The molecule has 0 bridgehead atoms. The summed E-state index contributed by atoms with van der Waals surface area (Å²) in [4.78, 5) is 0. The van der Waals surface area contributed by atoms with Gasteiger partial charge in [0.15, 0.2) is 0 Å². The molecule has 1 aliphatic carbocycles. The van der Waals surface area contributed by atoms with E-state index in [-0.39, 0.29) is 5.82 Å². The highest BCUT2D eigenvalue weighted by atomic mass is 19.1. The number of hydrogen-bond acceptors (Lipinski definition) is 1. The summed E-state index contributed by atoms with van der Waals surface area (Å²) in [6.45, 7) is 9.28. The van der Waals surface area contributed by atoms with Crippen molar-refractivity contribution in [3.8, 4) is 0 Å². The minimum absolute atomic E-state index is 0.157. The van der Waals surface area contributed by atoms with Crippen molar-refractivity contribution in [3.05, 3.63) is 35.6 Å². The maximum absolute atomic E-state index is 12.9. The van der Waals surface area contributed by atoms with Crippen molar-refractivity contribution in [2.45, 2.75) is 59.0 Å². The van der Waals surface area contributed by atoms with Gasteiger partial charge >= 0.3 is 0 Å². The molecule has 1 fully saturated rings. The molecule has 1 N–H and O–H groups in total. The van der Waals surface area contributed by atoms with Gasteiger partial charge in [-0.1, -0.05) is 32.9 Å². The zero-order chi connectivity index (χ0) is 14.0. The monoisotopic (exact) mass is 263 g/mol. The minimum Gasteiger partial charge on any atom is -0.311 e. The van der Waals surface area contributed by atoms with Gasteiger partial charge in [0.2, 0.25) is 0 Å². The molecule has 0 radical (unpaired) electrons. The summed E-state index contributed by atoms with van der Waals surface area (Å²) in [5.74, 6) is 0.584. The van der Waals surface area contributed by atoms with Crippen molar-refractivity contribution >= 4 is 0 Å². The second-order valence-electron chi connectivity index (χ2n) is 7.05. The summed E-state index contributed by atoms with van der Waals surface area (Å²) in [6.07, 6.45) is 3.51. The molecule has 1 aliphatic rings. The first-order valence-corrected chi connectivity index (χ1v) is 7.36. The van der Waals surface area contributed by atoms with E-state index in [4.69, 9.17) is 0 Å². The fraction of sp³-hybridized carbons (Fsp3) is 0.647. The van der Waals surface area contributed by atoms with Crippen LogP contribution in [0.25, 0.3) is 0 Å². The van der Waals surface area contributed by atoms with E-state index < -0.39 is 0 Å². The maximum atomic E-state index is 12.9. The Balaban J connectivity index is 1.88. The van der Waals surface area contributed by atoms with Crippen molar-refractivity contribution in [3.63, 3.8) is 0 Å². The van der Waals surface area contributed by atoms with Gasteiger partial charge in [-0.05, 0) is 55.2 Å². The number of rotatable bonds is 4. The molecule has 0 aliphatic heterocycles. The molecule has 0 amide bonds. The van der Waals surface area contributed by atoms with Gasteiger partial charge in [0.05, 0.1) is 0 Å². The Labute approximate surface area is 116 Å². The summed E-state index contributed by atoms with van der Waals surface area (Å²) < 4.78 is 12.9. The lowest BCUT2D eigenvalue weighted by molar-refractivity contribution is 0.354. The first-order valence-electron chi connectivity index (χ1n) is 7.36. The summed E-state index contributed by atoms with van der Waals surface area (Å²) in [7, 11) is 0. The molecule has 1 saturated carbocycles. The van der Waals surface area contributed by atoms with Crippen LogP contribution in [-0.2, 0) is 6.42 Å². The largest absolute Gasteiger partial charge is 0.311 e. The van der Waals surface area contributed by atoms with Crippen molar-refractivity contribution in [2.75, 3.05) is 0 Å². The van der Waals surface area contributed by atoms with E-state index in [1.165, 1.54) is 18.4 Å². The quantitative estimate of drug-likeness (QED) is 0.859. The average molecular weight is 263 g/mol. The highest BCUT2D eigenvalue weighted by molar-refractivity contribution is 5.17. The van der Waals surface area contributed by atoms with E-state index in [0.29, 0.717) is 17.5 Å². The average Bonchev–Trinajstić information content (AvgIpc) is 2.55. The molecule has 0 heterocycles. The predicted octanol–water partition coefficient (Wildman–Crippen LogP) is 4.17. The standard InChI is InChI=1S/C17H26FN/c1-12-10-17(3,4)11-16(12)19-13(2)9-14-5-7-15(18)8-6-14/h5-8,12-13,16,19H,9-11H2,1-4H3. The van der Waals surface area contributed by atoms with Gasteiger partial charge in [-0.25, -0.2) is 4.39 Å². The fourth-order valence-electron chi connectivity index (χ4n) is 3.52. The second kappa shape index (κ2) is 5.62. The van der Waals surface area contributed by atoms with Crippen molar-refractivity contribution in [1.82, 2.24) is 5.32 Å². The third-order valence-corrected chi connectivity index (χ3v) is 4.29. The maximum Gasteiger partial charge on any atom is 0.123 e. The summed E-state index contributed by atoms with van der Waals surface area (Å²) in [6, 6.07) is 7.91. The molecular weight excluding hydrogens is 237 g/mol. The smallest absolute Gasteiger partial charge is 0.123 e. The Morgan fingerprint density at radius 3 is 2.42 bits per heavy atom. The second-order valence-corrected chi connectivity index (χ2v) is 7.05. The van der Waals surface area contributed by atoms with E-state index in [1.54, 1.807) is 12.1 Å². The highest BCUT2D eigenvalue weighted by Gasteiger charge is 2.36. The Kier molecular flexibility index (Phi) is 4.29. The summed E-state index contributed by atoms with van der Waals surface area (Å²) >= 11 is 0. The van der Waals surface area contributed by atoms with Crippen molar-refractivity contribution in [1.29, 1.82) is 0 Å². The van der Waals surface area contributed by atoms with Crippen LogP contribution >= 0.6 is 0 Å². The normalized spacial score (nSPS) is 27.4. The van der Waals surface area contributed by atoms with Crippen LogP contribution in [0.2, 0.25) is 0 Å². The Morgan fingerprint density at radius 1 is 1.26 bits per heavy atom. The molecule has 2 heteroatoms. The minimum atomic E-state index is -0.157. The Morgan fingerprint density at radius 2 is 1.89 bits per heavy atom. The van der Waals surface area contributed by atoms with Crippen LogP contribution in [0.1, 0.15) is 46.1 Å². The summed E-state index contributed by atoms with van der Waals surface area (Å²) in [5.41, 5.74) is 1.67. The zero-order valence-corrected chi connectivity index (χ0v) is 12.5. The lowest BCUT2D eigenvalue weighted by atomic mass is 9.91. The van der Waals surface area contributed by atoms with E-state index >= 15 is 0 Å². The molecular formula is C17H26FN. The molecule has 0 saturated heterocycles. The lowest BCUT2D eigenvalue weighted by Crippen LogP contribution is -2.39. The molecule has 19 heavy (non-hydrogen) atoms. The van der Waals surface area contributed by atoms with Crippen LogP contribution in [0.4, 0.5) is 4.39 Å². The third-order valence-electron chi connectivity index (χ3n) is 4.29. The molecule has 106 valence electrons. The van der Waals surface area contributed by atoms with Gasteiger partial charge in [0.1, 0.15) is 5.82 Å². The number of hydrogen-bond donors (Lipinski definition) is 1. The lowest BCUT2D eigenvalue weighted by Gasteiger charge is -2.23. The fourth-order valence-corrected chi connectivity index (χ4v) is 3.52. The van der Waals surface area contributed by atoms with Gasteiger partial charge < -0.3 is 5.32 Å². The molecule has 2 rings (SSSR count). The molecule has 3 atom stereocenters. The van der Waals surface area contributed by atoms with Gasteiger partial charge in [-0.2, -0.15) is 0 Å². The predicted molar refractivity (Wildman–Crippen MR) is 78.7 cm³/mol. The zero-order valence-electron chi connectivity index (χ0n) is 12.5. The Hall–Kier alpha value is -0.890. The Bertz CT molecular complexity index is 410. The molecule has 0 spiro atoms. The van der Waals surface area contributed by atoms with Gasteiger partial charge in [-0.3, -0.25) is 0 Å². The SMILES string of the molecule is CC(Cc1ccc(F)cc1)NC1CC(C)(C)CC1C. The summed E-state index contributed by atoms with van der Waals surface area (Å²) in [5, 5.41) is 3.75. The van der Waals surface area contributed by atoms with Crippen LogP contribution in [0, 0.1) is 17.2 Å². The van der Waals surface area contributed by atoms with E-state index in [9.17, 15) is 4.39 Å². The van der Waals surface area contributed by atoms with Crippen LogP contribution in [0.5, 0.6) is 0 Å². The van der Waals surface area contributed by atoms with Gasteiger partial charge in [-0.15, -0.1) is 0 Å². The van der Waals surface area contributed by atoms with Gasteiger partial charge in [0.25, 0.3) is 0 Å². The highest BCUT2D eigenvalue weighted by Crippen LogP contribution is 2.41. The van der Waals surface area contributed by atoms with E-state index in [1.807, 2.05) is 12.1 Å². The van der Waals surface area contributed by atoms with Crippen LogP contribution in [0.15, 0.2) is 24.3 Å². The first kappa shape index (κ1) is 14.5. The van der Waals surface area contributed by atoms with E-state index in [2.05, 4.69) is 33.0 Å². The molecule has 1 nitrogen and oxygen atoms in total. The van der Waals surface area contributed by atoms with Gasteiger partial charge in [0, 0.05) is 12.1 Å². The topological polar surface area (TPSA) is 12.0 Å². The first-order chi connectivity index (χ1) is 8.85. The van der Waals surface area contributed by atoms with Crippen LogP contribution in [-0.4, -0.2) is 12.1 Å². The molecule has 0 aromatic heterocycles. The molecule has 1 aromatic carbocycles. The van der Waals surface area contributed by atoms with Crippen molar-refractivity contribution in [2.24, 2.45) is 11.3 Å². The van der Waals surface area contributed by atoms with Crippen LogP contribution < -0.4 is 5.32 Å². The van der Waals surface area contributed by atoms with E-state index in [0.717, 1.165) is 12.3 Å². The number of halogens is 1. The molecule has 3 unspecified atom stereocenters. The third kappa shape index (κ3) is 4.04. The van der Waals surface area contributed by atoms with Crippen molar-refractivity contribution < 1.29 is 4.39 Å². The number of nitrogens with one attached hydrogen (secondary N) is 1. The molecule has 1 aromatic rings.